The third kappa shape index (κ3) is 3.39. The second kappa shape index (κ2) is 6.25. The van der Waals surface area contributed by atoms with Crippen molar-refractivity contribution in [2.75, 3.05) is 7.11 Å². The Morgan fingerprint density at radius 1 is 1.45 bits per heavy atom. The van der Waals surface area contributed by atoms with E-state index < -0.39 is 5.97 Å². The number of aromatic hydroxyl groups is 1. The van der Waals surface area contributed by atoms with Crippen LogP contribution in [0.4, 0.5) is 0 Å². The number of nitrogens with one attached hydrogen (secondary N) is 1. The molecule has 1 aromatic carbocycles. The molecule has 0 aliphatic heterocycles. The van der Waals surface area contributed by atoms with Crippen molar-refractivity contribution in [3.8, 4) is 5.75 Å². The maximum absolute atomic E-state index is 11.3. The Morgan fingerprint density at radius 2 is 2.25 bits per heavy atom. The highest BCUT2D eigenvalue weighted by molar-refractivity contribution is 5.88. The first-order valence-electron chi connectivity index (χ1n) is 6.28. The number of carbonyl (C=O) groups excluding carboxylic acids is 1. The Balaban J connectivity index is 1.95. The summed E-state index contributed by atoms with van der Waals surface area (Å²) in [6.45, 7) is 2.47. The van der Waals surface area contributed by atoms with Crippen molar-refractivity contribution in [1.29, 1.82) is 0 Å². The van der Waals surface area contributed by atoms with Gasteiger partial charge < -0.3 is 19.6 Å². The van der Waals surface area contributed by atoms with Gasteiger partial charge in [0.1, 0.15) is 17.8 Å². The molecule has 0 aliphatic carbocycles. The highest BCUT2D eigenvalue weighted by atomic mass is 16.5. The van der Waals surface area contributed by atoms with Crippen molar-refractivity contribution in [2.24, 2.45) is 0 Å². The van der Waals surface area contributed by atoms with Crippen molar-refractivity contribution in [3.63, 3.8) is 0 Å². The molecule has 0 amide bonds. The Kier molecular flexibility index (Phi) is 4.42. The van der Waals surface area contributed by atoms with Crippen molar-refractivity contribution in [2.45, 2.75) is 19.5 Å². The minimum atomic E-state index is -0.416. The smallest absolute Gasteiger partial charge is 0.341 e. The molecule has 1 aromatic heterocycles. The average Bonchev–Trinajstić information content (AvgIpc) is 2.92. The highest BCUT2D eigenvalue weighted by Gasteiger charge is 2.11. The first-order chi connectivity index (χ1) is 9.60. The monoisotopic (exact) mass is 275 g/mol. The Bertz CT molecular complexity index is 591. The van der Waals surface area contributed by atoms with E-state index in [1.54, 1.807) is 24.3 Å². The van der Waals surface area contributed by atoms with Gasteiger partial charge in [-0.15, -0.1) is 0 Å². The number of hydrogen-bond donors (Lipinski definition) is 2. The van der Waals surface area contributed by atoms with Gasteiger partial charge in [0.25, 0.3) is 0 Å². The molecule has 0 saturated heterocycles. The summed E-state index contributed by atoms with van der Waals surface area (Å²) in [6.07, 6.45) is 1.38. The van der Waals surface area contributed by atoms with E-state index in [1.807, 2.05) is 13.0 Å². The van der Waals surface area contributed by atoms with E-state index >= 15 is 0 Å². The Morgan fingerprint density at radius 3 is 2.95 bits per heavy atom. The number of phenols is 1. The molecule has 106 valence electrons. The molecule has 1 heterocycles. The lowest BCUT2D eigenvalue weighted by atomic mass is 10.1. The summed E-state index contributed by atoms with van der Waals surface area (Å²) < 4.78 is 9.90. The molecule has 0 spiro atoms. The molecule has 5 nitrogen and oxygen atoms in total. The zero-order chi connectivity index (χ0) is 14.5. The molecule has 0 aliphatic rings. The van der Waals surface area contributed by atoms with E-state index in [0.29, 0.717) is 17.9 Å². The molecule has 0 saturated carbocycles. The van der Waals surface area contributed by atoms with Crippen molar-refractivity contribution in [1.82, 2.24) is 5.32 Å². The Hall–Kier alpha value is -2.27. The van der Waals surface area contributed by atoms with Crippen LogP contribution in [0.15, 0.2) is 41.0 Å². The zero-order valence-corrected chi connectivity index (χ0v) is 11.4. The fourth-order valence-corrected chi connectivity index (χ4v) is 1.86. The fourth-order valence-electron chi connectivity index (χ4n) is 1.86. The van der Waals surface area contributed by atoms with Gasteiger partial charge in [-0.25, -0.2) is 4.79 Å². The van der Waals surface area contributed by atoms with Crippen molar-refractivity contribution >= 4 is 5.97 Å². The number of carbonyl (C=O) groups is 1. The maximum Gasteiger partial charge on any atom is 0.341 e. The third-order valence-corrected chi connectivity index (χ3v) is 3.03. The maximum atomic E-state index is 11.3. The second-order valence-corrected chi connectivity index (χ2v) is 4.49. The molecular weight excluding hydrogens is 258 g/mol. The lowest BCUT2D eigenvalue weighted by Gasteiger charge is -2.13. The van der Waals surface area contributed by atoms with E-state index in [2.05, 4.69) is 10.1 Å². The van der Waals surface area contributed by atoms with Gasteiger partial charge >= 0.3 is 5.97 Å². The van der Waals surface area contributed by atoms with Crippen LogP contribution in [0, 0.1) is 0 Å². The van der Waals surface area contributed by atoms with E-state index in [9.17, 15) is 9.90 Å². The number of esters is 1. The number of benzene rings is 1. The summed E-state index contributed by atoms with van der Waals surface area (Å²) in [5.41, 5.74) is 1.37. The number of methoxy groups -OCH3 is 1. The van der Waals surface area contributed by atoms with Gasteiger partial charge in [-0.3, -0.25) is 0 Å². The first kappa shape index (κ1) is 14.1. The van der Waals surface area contributed by atoms with Crippen LogP contribution in [0.5, 0.6) is 5.75 Å². The van der Waals surface area contributed by atoms with E-state index in [-0.39, 0.29) is 11.8 Å². The van der Waals surface area contributed by atoms with Gasteiger partial charge in [-0.2, -0.15) is 0 Å². The molecule has 0 radical (unpaired) electrons. The van der Waals surface area contributed by atoms with E-state index in [1.165, 1.54) is 13.4 Å². The molecule has 1 unspecified atom stereocenters. The topological polar surface area (TPSA) is 71.7 Å². The van der Waals surface area contributed by atoms with Crippen LogP contribution >= 0.6 is 0 Å². The summed E-state index contributed by atoms with van der Waals surface area (Å²) in [4.78, 5) is 11.3. The third-order valence-electron chi connectivity index (χ3n) is 3.03. The van der Waals surface area contributed by atoms with Crippen LogP contribution in [0.25, 0.3) is 0 Å². The summed E-state index contributed by atoms with van der Waals surface area (Å²) in [5, 5.41) is 12.7. The standard InChI is InChI=1S/C15H17NO4/c1-10(11-4-3-5-13(17)6-11)16-8-14-7-12(9-20-14)15(18)19-2/h3-7,9-10,16-17H,8H2,1-2H3. The van der Waals surface area contributed by atoms with Gasteiger partial charge in [-0.1, -0.05) is 12.1 Å². The van der Waals surface area contributed by atoms with Gasteiger partial charge in [0.05, 0.1) is 19.2 Å². The molecule has 5 heteroatoms. The van der Waals surface area contributed by atoms with Gasteiger partial charge in [0, 0.05) is 6.04 Å². The van der Waals surface area contributed by atoms with Crippen molar-refractivity contribution in [3.05, 3.63) is 53.5 Å². The molecule has 2 aromatic rings. The van der Waals surface area contributed by atoms with Crippen LogP contribution in [-0.4, -0.2) is 18.2 Å². The summed E-state index contributed by atoms with van der Waals surface area (Å²) in [7, 11) is 1.33. The lowest BCUT2D eigenvalue weighted by Crippen LogP contribution is -2.17. The Labute approximate surface area is 117 Å². The number of ether oxygens (including phenoxy) is 1. The van der Waals surface area contributed by atoms with E-state index in [0.717, 1.165) is 5.56 Å². The lowest BCUT2D eigenvalue weighted by molar-refractivity contribution is 0.0600. The quantitative estimate of drug-likeness (QED) is 0.821. The molecule has 0 fully saturated rings. The van der Waals surface area contributed by atoms with Crippen LogP contribution in [-0.2, 0) is 11.3 Å². The normalized spacial score (nSPS) is 12.1. The second-order valence-electron chi connectivity index (χ2n) is 4.49. The SMILES string of the molecule is COC(=O)c1coc(CNC(C)c2cccc(O)c2)c1. The zero-order valence-electron chi connectivity index (χ0n) is 11.4. The molecule has 0 bridgehead atoms. The minimum Gasteiger partial charge on any atom is -0.508 e. The number of phenolic OH excluding ortho intramolecular Hbond substituents is 1. The van der Waals surface area contributed by atoms with Crippen molar-refractivity contribution < 1.29 is 19.1 Å². The van der Waals surface area contributed by atoms with E-state index in [4.69, 9.17) is 4.42 Å². The summed E-state index contributed by atoms with van der Waals surface area (Å²) >= 11 is 0. The highest BCUT2D eigenvalue weighted by Crippen LogP contribution is 2.18. The molecule has 20 heavy (non-hydrogen) atoms. The van der Waals surface area contributed by atoms with Crippen LogP contribution < -0.4 is 5.32 Å². The number of furan rings is 1. The van der Waals surface area contributed by atoms with Crippen LogP contribution in [0.3, 0.4) is 0 Å². The molecule has 1 atom stereocenters. The summed E-state index contributed by atoms with van der Waals surface area (Å²) in [6, 6.07) is 8.76. The number of rotatable bonds is 5. The average molecular weight is 275 g/mol. The largest absolute Gasteiger partial charge is 0.508 e. The van der Waals surface area contributed by atoms with Crippen LogP contribution in [0.2, 0.25) is 0 Å². The minimum absolute atomic E-state index is 0.0498. The van der Waals surface area contributed by atoms with Gasteiger partial charge in [-0.05, 0) is 30.7 Å². The predicted octanol–water partition coefficient (Wildman–Crippen LogP) is 2.62. The molecule has 2 N–H and O–H groups in total. The molecule has 2 rings (SSSR count). The number of hydrogen-bond acceptors (Lipinski definition) is 5. The fraction of sp³-hybridized carbons (Fsp3) is 0.267. The van der Waals surface area contributed by atoms with Gasteiger partial charge in [0.2, 0.25) is 0 Å². The van der Waals surface area contributed by atoms with Crippen LogP contribution in [0.1, 0.15) is 34.6 Å². The first-order valence-corrected chi connectivity index (χ1v) is 6.28. The van der Waals surface area contributed by atoms with Gasteiger partial charge in [0.15, 0.2) is 0 Å². The summed E-state index contributed by atoms with van der Waals surface area (Å²) in [5.74, 6) is 0.473. The molecular formula is C15H17NO4. The predicted molar refractivity (Wildman–Crippen MR) is 73.4 cm³/mol.